The average Bonchev–Trinajstić information content (AvgIpc) is 2.30. The smallest absolute Gasteiger partial charge is 0.406 e. The first-order chi connectivity index (χ1) is 8.90. The van der Waals surface area contributed by atoms with Crippen LogP contribution < -0.4 is 10.1 Å². The Morgan fingerprint density at radius 2 is 1.89 bits per heavy atom. The molecule has 0 aliphatic carbocycles. The van der Waals surface area contributed by atoms with E-state index >= 15 is 0 Å². The minimum Gasteiger partial charge on any atom is -0.406 e. The highest BCUT2D eigenvalue weighted by Gasteiger charge is 2.30. The molecule has 1 aromatic rings. The molecule has 0 amide bonds. The quantitative estimate of drug-likeness (QED) is 0.630. The third-order valence-corrected chi connectivity index (χ3v) is 2.53. The molecule has 0 saturated carbocycles. The summed E-state index contributed by atoms with van der Waals surface area (Å²) in [5.41, 5.74) is 2.16. The molecule has 0 bridgehead atoms. The normalized spacial score (nSPS) is 12.6. The average molecular weight is 273 g/mol. The van der Waals surface area contributed by atoms with Gasteiger partial charge in [0.05, 0.1) is 0 Å². The van der Waals surface area contributed by atoms with Crippen molar-refractivity contribution in [1.29, 1.82) is 0 Å². The standard InChI is InChI=1S/C14H18F3NO/c1-11(4-3-9-18-2)10-12-5-7-13(8-6-12)19-14(15,16)17/h4-8,18H,3,9-10H2,1-2H3. The molecule has 0 aliphatic heterocycles. The zero-order valence-electron chi connectivity index (χ0n) is 11.1. The molecule has 2 nitrogen and oxygen atoms in total. The molecule has 0 unspecified atom stereocenters. The molecular formula is C14H18F3NO. The Hall–Kier alpha value is -1.49. The van der Waals surface area contributed by atoms with Crippen molar-refractivity contribution in [1.82, 2.24) is 5.32 Å². The second-order valence-electron chi connectivity index (χ2n) is 4.31. The van der Waals surface area contributed by atoms with E-state index in [1.54, 1.807) is 12.1 Å². The molecule has 0 heterocycles. The van der Waals surface area contributed by atoms with Crippen molar-refractivity contribution in [2.24, 2.45) is 0 Å². The van der Waals surface area contributed by atoms with E-state index in [2.05, 4.69) is 16.1 Å². The van der Waals surface area contributed by atoms with Gasteiger partial charge in [0, 0.05) is 0 Å². The van der Waals surface area contributed by atoms with Crippen LogP contribution in [0.2, 0.25) is 0 Å². The Morgan fingerprint density at radius 1 is 1.26 bits per heavy atom. The van der Waals surface area contributed by atoms with Gasteiger partial charge in [-0.15, -0.1) is 13.2 Å². The fourth-order valence-electron chi connectivity index (χ4n) is 1.67. The molecule has 19 heavy (non-hydrogen) atoms. The van der Waals surface area contributed by atoms with E-state index in [4.69, 9.17) is 0 Å². The fourth-order valence-corrected chi connectivity index (χ4v) is 1.67. The van der Waals surface area contributed by atoms with Crippen LogP contribution in [0, 0.1) is 0 Å². The summed E-state index contributed by atoms with van der Waals surface area (Å²) in [4.78, 5) is 0. The first-order valence-electron chi connectivity index (χ1n) is 6.05. The highest BCUT2D eigenvalue weighted by molar-refractivity contribution is 5.29. The van der Waals surface area contributed by atoms with Gasteiger partial charge in [0.1, 0.15) is 5.75 Å². The number of allylic oxidation sites excluding steroid dienone is 1. The molecule has 0 spiro atoms. The van der Waals surface area contributed by atoms with Gasteiger partial charge in [0.25, 0.3) is 0 Å². The summed E-state index contributed by atoms with van der Waals surface area (Å²) in [7, 11) is 1.89. The first kappa shape index (κ1) is 15.6. The fraction of sp³-hybridized carbons (Fsp3) is 0.429. The van der Waals surface area contributed by atoms with Gasteiger partial charge in [-0.2, -0.15) is 0 Å². The third-order valence-electron chi connectivity index (χ3n) is 2.53. The van der Waals surface area contributed by atoms with Crippen molar-refractivity contribution < 1.29 is 17.9 Å². The maximum absolute atomic E-state index is 12.0. The van der Waals surface area contributed by atoms with Crippen LogP contribution in [-0.2, 0) is 6.42 Å². The van der Waals surface area contributed by atoms with E-state index in [9.17, 15) is 13.2 Å². The summed E-state index contributed by atoms with van der Waals surface area (Å²) in [5.74, 6) is -0.187. The molecule has 1 N–H and O–H groups in total. The maximum atomic E-state index is 12.0. The number of halogens is 3. The van der Waals surface area contributed by atoms with Crippen LogP contribution in [0.1, 0.15) is 18.9 Å². The Balaban J connectivity index is 2.54. The number of hydrogen-bond donors (Lipinski definition) is 1. The predicted molar refractivity (Wildman–Crippen MR) is 69.1 cm³/mol. The van der Waals surface area contributed by atoms with Crippen molar-refractivity contribution in [3.63, 3.8) is 0 Å². The molecule has 5 heteroatoms. The molecule has 1 rings (SSSR count). The van der Waals surface area contributed by atoms with Gasteiger partial charge >= 0.3 is 6.36 Å². The SMILES string of the molecule is CNCCC=C(C)Cc1ccc(OC(F)(F)F)cc1. The number of alkyl halides is 3. The van der Waals surface area contributed by atoms with Crippen LogP contribution in [-0.4, -0.2) is 20.0 Å². The molecule has 106 valence electrons. The van der Waals surface area contributed by atoms with Crippen molar-refractivity contribution in [3.8, 4) is 5.75 Å². The highest BCUT2D eigenvalue weighted by atomic mass is 19.4. The Morgan fingerprint density at radius 3 is 2.42 bits per heavy atom. The van der Waals surface area contributed by atoms with Crippen molar-refractivity contribution in [2.45, 2.75) is 26.1 Å². The van der Waals surface area contributed by atoms with Crippen LogP contribution in [0.4, 0.5) is 13.2 Å². The summed E-state index contributed by atoms with van der Waals surface area (Å²) >= 11 is 0. The monoisotopic (exact) mass is 273 g/mol. The van der Waals surface area contributed by atoms with Gasteiger partial charge in [-0.3, -0.25) is 0 Å². The summed E-state index contributed by atoms with van der Waals surface area (Å²) in [5, 5.41) is 3.05. The van der Waals surface area contributed by atoms with Gasteiger partial charge in [-0.05, 0) is 51.1 Å². The van der Waals surface area contributed by atoms with Crippen molar-refractivity contribution in [3.05, 3.63) is 41.5 Å². The maximum Gasteiger partial charge on any atom is 0.573 e. The largest absolute Gasteiger partial charge is 0.573 e. The van der Waals surface area contributed by atoms with E-state index in [0.29, 0.717) is 0 Å². The molecule has 0 radical (unpaired) electrons. The molecular weight excluding hydrogens is 255 g/mol. The van der Waals surface area contributed by atoms with Crippen LogP contribution in [0.15, 0.2) is 35.9 Å². The lowest BCUT2D eigenvalue weighted by atomic mass is 10.1. The molecule has 0 saturated heterocycles. The van der Waals surface area contributed by atoms with E-state index < -0.39 is 6.36 Å². The van der Waals surface area contributed by atoms with Crippen LogP contribution in [0.5, 0.6) is 5.75 Å². The third kappa shape index (κ3) is 6.86. The predicted octanol–water partition coefficient (Wildman–Crippen LogP) is 3.68. The molecule has 0 atom stereocenters. The van der Waals surface area contributed by atoms with Gasteiger partial charge in [-0.25, -0.2) is 0 Å². The topological polar surface area (TPSA) is 21.3 Å². The number of nitrogens with one attached hydrogen (secondary N) is 1. The number of rotatable bonds is 6. The van der Waals surface area contributed by atoms with Gasteiger partial charge in [0.2, 0.25) is 0 Å². The van der Waals surface area contributed by atoms with Crippen molar-refractivity contribution in [2.75, 3.05) is 13.6 Å². The summed E-state index contributed by atoms with van der Waals surface area (Å²) in [6.45, 7) is 2.92. The Labute approximate surface area is 111 Å². The number of benzene rings is 1. The van der Waals surface area contributed by atoms with Crippen molar-refractivity contribution >= 4 is 0 Å². The van der Waals surface area contributed by atoms with Gasteiger partial charge < -0.3 is 10.1 Å². The lowest BCUT2D eigenvalue weighted by Gasteiger charge is -2.09. The summed E-state index contributed by atoms with van der Waals surface area (Å²) < 4.78 is 39.8. The number of hydrogen-bond acceptors (Lipinski definition) is 2. The molecule has 1 aromatic carbocycles. The first-order valence-corrected chi connectivity index (χ1v) is 6.05. The lowest BCUT2D eigenvalue weighted by molar-refractivity contribution is -0.274. The lowest BCUT2D eigenvalue weighted by Crippen LogP contribution is -2.17. The molecule has 0 aliphatic rings. The Bertz CT molecular complexity index is 410. The molecule has 0 aromatic heterocycles. The summed E-state index contributed by atoms with van der Waals surface area (Å²) in [6, 6.07) is 5.97. The number of ether oxygens (including phenoxy) is 1. The van der Waals surface area contributed by atoms with E-state index in [1.165, 1.54) is 17.7 Å². The Kier molecular flexibility index (Phi) is 5.89. The second kappa shape index (κ2) is 7.19. The summed E-state index contributed by atoms with van der Waals surface area (Å²) in [6.07, 6.45) is -0.839. The van der Waals surface area contributed by atoms with Crippen LogP contribution >= 0.6 is 0 Å². The van der Waals surface area contributed by atoms with Crippen LogP contribution in [0.3, 0.4) is 0 Å². The highest BCUT2D eigenvalue weighted by Crippen LogP contribution is 2.23. The zero-order chi connectivity index (χ0) is 14.3. The van der Waals surface area contributed by atoms with Crippen LogP contribution in [0.25, 0.3) is 0 Å². The second-order valence-corrected chi connectivity index (χ2v) is 4.31. The van der Waals surface area contributed by atoms with E-state index in [-0.39, 0.29) is 5.75 Å². The van der Waals surface area contributed by atoms with Gasteiger partial charge in [-0.1, -0.05) is 23.8 Å². The zero-order valence-corrected chi connectivity index (χ0v) is 11.1. The van der Waals surface area contributed by atoms with E-state index in [0.717, 1.165) is 24.9 Å². The van der Waals surface area contributed by atoms with E-state index in [1.807, 2.05) is 14.0 Å². The van der Waals surface area contributed by atoms with Gasteiger partial charge in [0.15, 0.2) is 0 Å². The minimum atomic E-state index is -4.63. The minimum absolute atomic E-state index is 0.187. The molecule has 0 fully saturated rings.